The predicted octanol–water partition coefficient (Wildman–Crippen LogP) is 4.00. The average molecular weight is 453 g/mol. The quantitative estimate of drug-likeness (QED) is 0.714. The van der Waals surface area contributed by atoms with Crippen LogP contribution in [0.25, 0.3) is 0 Å². The van der Waals surface area contributed by atoms with Crippen LogP contribution in [0.5, 0.6) is 0 Å². The third-order valence-electron chi connectivity index (χ3n) is 5.31. The number of fused-ring (bicyclic) bond motifs is 1. The van der Waals surface area contributed by atoms with Crippen molar-refractivity contribution in [2.75, 3.05) is 36.4 Å². The number of carbonyl (C=O) groups excluding carboxylic acids is 2. The van der Waals surface area contributed by atoms with Gasteiger partial charge in [-0.05, 0) is 42.5 Å². The Labute approximate surface area is 180 Å². The molecule has 0 saturated carbocycles. The van der Waals surface area contributed by atoms with Gasteiger partial charge in [-0.15, -0.1) is 11.8 Å². The molecule has 2 aromatic carbocycles. The topological polar surface area (TPSA) is 52.7 Å². The average Bonchev–Trinajstić information content (AvgIpc) is 2.74. The first kappa shape index (κ1) is 21.5. The Morgan fingerprint density at radius 2 is 1.74 bits per heavy atom. The zero-order valence-electron chi connectivity index (χ0n) is 16.3. The van der Waals surface area contributed by atoms with E-state index in [-0.39, 0.29) is 23.8 Å². The summed E-state index contributed by atoms with van der Waals surface area (Å²) in [5, 5.41) is 1.79. The molecule has 2 aromatic rings. The molecule has 2 heterocycles. The van der Waals surface area contributed by atoms with E-state index in [1.54, 1.807) is 17.0 Å². The van der Waals surface area contributed by atoms with E-state index in [4.69, 9.17) is 0 Å². The van der Waals surface area contributed by atoms with E-state index in [1.165, 1.54) is 18.2 Å². The number of nitrogens with zero attached hydrogens (tertiary/aromatic N) is 2. The lowest BCUT2D eigenvalue weighted by Gasteiger charge is -2.36. The lowest BCUT2D eigenvalue weighted by molar-refractivity contribution is -0.137. The van der Waals surface area contributed by atoms with Gasteiger partial charge < -0.3 is 15.1 Å². The fraction of sp³-hybridized carbons (Fsp3) is 0.333. The van der Waals surface area contributed by atoms with Gasteiger partial charge in [-0.1, -0.05) is 0 Å². The second kappa shape index (κ2) is 8.41. The minimum atomic E-state index is -4.49. The van der Waals surface area contributed by atoms with E-state index in [9.17, 15) is 27.2 Å². The van der Waals surface area contributed by atoms with Crippen LogP contribution in [0.3, 0.4) is 0 Å². The SMILES string of the molecule is O=C1Nc2cc(C(F)(F)F)ccc2S[C@H]1CC(=O)N1CCN(c2ccc(F)cc2)CC1. The Kier molecular flexibility index (Phi) is 5.83. The number of halogens is 4. The van der Waals surface area contributed by atoms with Crippen molar-refractivity contribution in [3.63, 3.8) is 0 Å². The molecule has 0 spiro atoms. The van der Waals surface area contributed by atoms with E-state index >= 15 is 0 Å². The molecule has 1 saturated heterocycles. The highest BCUT2D eigenvalue weighted by atomic mass is 32.2. The molecule has 31 heavy (non-hydrogen) atoms. The summed E-state index contributed by atoms with van der Waals surface area (Å²) in [5.74, 6) is -0.964. The van der Waals surface area contributed by atoms with Gasteiger partial charge in [0.1, 0.15) is 5.82 Å². The van der Waals surface area contributed by atoms with Crippen molar-refractivity contribution >= 4 is 35.0 Å². The van der Waals surface area contributed by atoms with Crippen molar-refractivity contribution in [3.8, 4) is 0 Å². The minimum Gasteiger partial charge on any atom is -0.368 e. The standard InChI is InChI=1S/C21H19F4N3O2S/c22-14-2-4-15(5-3-14)27-7-9-28(10-8-27)19(29)12-18-20(30)26-16-11-13(21(23,24)25)1-6-17(16)31-18/h1-6,11,18H,7-10,12H2,(H,26,30)/t18-/m0/s1. The van der Waals surface area contributed by atoms with Crippen LogP contribution in [0.1, 0.15) is 12.0 Å². The Morgan fingerprint density at radius 1 is 1.06 bits per heavy atom. The molecule has 164 valence electrons. The van der Waals surface area contributed by atoms with Crippen LogP contribution in [-0.2, 0) is 15.8 Å². The van der Waals surface area contributed by atoms with Gasteiger partial charge in [0.2, 0.25) is 11.8 Å². The lowest BCUT2D eigenvalue weighted by Crippen LogP contribution is -2.49. The number of hydrogen-bond acceptors (Lipinski definition) is 4. The van der Waals surface area contributed by atoms with E-state index in [0.717, 1.165) is 29.6 Å². The number of benzene rings is 2. The van der Waals surface area contributed by atoms with Gasteiger partial charge in [0.25, 0.3) is 0 Å². The first-order valence-electron chi connectivity index (χ1n) is 9.68. The summed E-state index contributed by atoms with van der Waals surface area (Å²) in [6, 6.07) is 9.36. The lowest BCUT2D eigenvalue weighted by atomic mass is 10.1. The number of hydrogen-bond donors (Lipinski definition) is 1. The molecule has 0 unspecified atom stereocenters. The Hall–Kier alpha value is -2.75. The summed E-state index contributed by atoms with van der Waals surface area (Å²) in [5.41, 5.74) is 0.160. The molecule has 0 aromatic heterocycles. The van der Waals surface area contributed by atoms with Gasteiger partial charge >= 0.3 is 6.18 Å². The Bertz CT molecular complexity index is 989. The molecule has 2 aliphatic heterocycles. The van der Waals surface area contributed by atoms with Gasteiger partial charge in [-0.25, -0.2) is 4.39 Å². The molecule has 0 bridgehead atoms. The predicted molar refractivity (Wildman–Crippen MR) is 110 cm³/mol. The van der Waals surface area contributed by atoms with E-state index in [1.807, 2.05) is 0 Å². The van der Waals surface area contributed by atoms with Gasteiger partial charge in [0, 0.05) is 43.2 Å². The number of nitrogens with one attached hydrogen (secondary N) is 1. The molecule has 2 aliphatic rings. The fourth-order valence-corrected chi connectivity index (χ4v) is 4.70. The maximum atomic E-state index is 13.1. The van der Waals surface area contributed by atoms with Crippen LogP contribution >= 0.6 is 11.8 Å². The van der Waals surface area contributed by atoms with Crippen molar-refractivity contribution in [1.29, 1.82) is 0 Å². The zero-order valence-corrected chi connectivity index (χ0v) is 17.1. The number of rotatable bonds is 3. The fourth-order valence-electron chi connectivity index (χ4n) is 3.61. The van der Waals surface area contributed by atoms with E-state index in [2.05, 4.69) is 10.2 Å². The highest BCUT2D eigenvalue weighted by Crippen LogP contribution is 2.40. The van der Waals surface area contributed by atoms with Crippen molar-refractivity contribution in [2.24, 2.45) is 0 Å². The largest absolute Gasteiger partial charge is 0.416 e. The molecule has 1 fully saturated rings. The van der Waals surface area contributed by atoms with Crippen LogP contribution in [0.2, 0.25) is 0 Å². The normalized spacial score (nSPS) is 19.1. The van der Waals surface area contributed by atoms with E-state index in [0.29, 0.717) is 31.1 Å². The maximum Gasteiger partial charge on any atom is 0.416 e. The summed E-state index contributed by atoms with van der Waals surface area (Å²) in [6.45, 7) is 2.12. The Morgan fingerprint density at radius 3 is 2.39 bits per heavy atom. The van der Waals surface area contributed by atoms with Gasteiger partial charge in [-0.2, -0.15) is 13.2 Å². The molecular weight excluding hydrogens is 434 g/mol. The highest BCUT2D eigenvalue weighted by Gasteiger charge is 2.35. The summed E-state index contributed by atoms with van der Waals surface area (Å²) < 4.78 is 51.7. The molecule has 10 heteroatoms. The summed E-state index contributed by atoms with van der Waals surface area (Å²) in [7, 11) is 0. The molecule has 1 N–H and O–H groups in total. The van der Waals surface area contributed by atoms with Crippen molar-refractivity contribution in [1.82, 2.24) is 4.90 Å². The third kappa shape index (κ3) is 4.79. The molecule has 0 radical (unpaired) electrons. The van der Waals surface area contributed by atoms with Crippen LogP contribution in [0.4, 0.5) is 28.9 Å². The maximum absolute atomic E-state index is 13.1. The zero-order chi connectivity index (χ0) is 22.2. The second-order valence-corrected chi connectivity index (χ2v) is 8.60. The highest BCUT2D eigenvalue weighted by molar-refractivity contribution is 8.01. The number of amides is 2. The van der Waals surface area contributed by atoms with Crippen LogP contribution < -0.4 is 10.2 Å². The smallest absolute Gasteiger partial charge is 0.368 e. The Balaban J connectivity index is 1.35. The van der Waals surface area contributed by atoms with Crippen molar-refractivity contribution < 1.29 is 27.2 Å². The number of piperazine rings is 1. The summed E-state index contributed by atoms with van der Waals surface area (Å²) >= 11 is 1.10. The second-order valence-electron chi connectivity index (χ2n) is 7.35. The van der Waals surface area contributed by atoms with Gasteiger partial charge in [0.15, 0.2) is 0 Å². The monoisotopic (exact) mass is 453 g/mol. The van der Waals surface area contributed by atoms with Crippen LogP contribution in [-0.4, -0.2) is 48.1 Å². The molecule has 2 amide bonds. The van der Waals surface area contributed by atoms with Crippen LogP contribution in [0.15, 0.2) is 47.4 Å². The molecule has 4 rings (SSSR count). The number of alkyl halides is 3. The summed E-state index contributed by atoms with van der Waals surface area (Å²) in [4.78, 5) is 29.3. The van der Waals surface area contributed by atoms with Crippen molar-refractivity contribution in [2.45, 2.75) is 22.7 Å². The van der Waals surface area contributed by atoms with E-state index < -0.39 is 22.9 Å². The molecule has 5 nitrogen and oxygen atoms in total. The first-order valence-corrected chi connectivity index (χ1v) is 10.6. The number of anilines is 2. The first-order chi connectivity index (χ1) is 14.7. The third-order valence-corrected chi connectivity index (χ3v) is 6.59. The van der Waals surface area contributed by atoms with Gasteiger partial charge in [-0.3, -0.25) is 9.59 Å². The van der Waals surface area contributed by atoms with Crippen molar-refractivity contribution in [3.05, 3.63) is 53.8 Å². The van der Waals surface area contributed by atoms with Crippen LogP contribution in [0, 0.1) is 5.82 Å². The molecular formula is C21H19F4N3O2S. The molecule has 0 aliphatic carbocycles. The van der Waals surface area contributed by atoms with Gasteiger partial charge in [0.05, 0.1) is 16.5 Å². The summed E-state index contributed by atoms with van der Waals surface area (Å²) in [6.07, 6.45) is -4.53. The minimum absolute atomic E-state index is 0.0342. The number of thioether (sulfide) groups is 1. The molecule has 1 atom stereocenters. The number of carbonyl (C=O) groups is 2.